The number of aromatic hydroxyl groups is 1. The van der Waals surface area contributed by atoms with Gasteiger partial charge in [-0.15, -0.1) is 0 Å². The molecule has 0 saturated carbocycles. The number of halogens is 3. The van der Waals surface area contributed by atoms with E-state index in [2.05, 4.69) is 9.97 Å². The zero-order valence-electron chi connectivity index (χ0n) is 13.0. The number of pyridine rings is 1. The van der Waals surface area contributed by atoms with E-state index in [-0.39, 0.29) is 17.3 Å². The van der Waals surface area contributed by atoms with Crippen molar-refractivity contribution in [2.24, 2.45) is 7.05 Å². The van der Waals surface area contributed by atoms with Gasteiger partial charge in [0.1, 0.15) is 11.6 Å². The van der Waals surface area contributed by atoms with E-state index in [1.807, 2.05) is 0 Å². The number of hydrogen-bond donors (Lipinski definition) is 1. The Hall–Kier alpha value is -2.83. The lowest BCUT2D eigenvalue weighted by Gasteiger charge is -2.05. The number of nitrogens with zero attached hydrogens (tertiary/aromatic N) is 3. The summed E-state index contributed by atoms with van der Waals surface area (Å²) in [6, 6.07) is 9.90. The Morgan fingerprint density at radius 1 is 1.00 bits per heavy atom. The van der Waals surface area contributed by atoms with Gasteiger partial charge < -0.3 is 9.67 Å². The minimum atomic E-state index is -4.49. The number of hydrogen-bond acceptors (Lipinski definition) is 3. The fraction of sp³-hybridized carbons (Fsp3) is 0.176. The Balaban J connectivity index is 1.98. The van der Waals surface area contributed by atoms with E-state index in [9.17, 15) is 18.3 Å². The highest BCUT2D eigenvalue weighted by molar-refractivity contribution is 5.64. The van der Waals surface area contributed by atoms with E-state index in [1.165, 1.54) is 17.7 Å². The van der Waals surface area contributed by atoms with Crippen molar-refractivity contribution in [3.05, 3.63) is 54.0 Å². The average molecular weight is 333 g/mol. The van der Waals surface area contributed by atoms with Crippen molar-refractivity contribution in [2.75, 3.05) is 0 Å². The monoisotopic (exact) mass is 333 g/mol. The Bertz CT molecular complexity index is 866. The molecule has 0 atom stereocenters. The second-order valence-corrected chi connectivity index (χ2v) is 5.41. The molecule has 0 aliphatic heterocycles. The van der Waals surface area contributed by atoms with Gasteiger partial charge in [-0.25, -0.2) is 4.98 Å². The van der Waals surface area contributed by atoms with Crippen molar-refractivity contribution < 1.29 is 18.3 Å². The van der Waals surface area contributed by atoms with Gasteiger partial charge in [0.05, 0.1) is 5.69 Å². The highest BCUT2D eigenvalue weighted by Crippen LogP contribution is 2.33. The molecule has 2 heterocycles. The second kappa shape index (κ2) is 5.67. The SMILES string of the molecule is Cc1c(C(F)(F)F)nc(-c2ccc(-c3ccc(O)cc3)nc2)n1C. The van der Waals surface area contributed by atoms with Crippen LogP contribution in [0.4, 0.5) is 13.2 Å². The molecule has 0 radical (unpaired) electrons. The molecule has 0 amide bonds. The Morgan fingerprint density at radius 3 is 2.12 bits per heavy atom. The van der Waals surface area contributed by atoms with E-state index < -0.39 is 11.9 Å². The van der Waals surface area contributed by atoms with Crippen LogP contribution in [-0.2, 0) is 13.2 Å². The van der Waals surface area contributed by atoms with Crippen LogP contribution in [0.25, 0.3) is 22.6 Å². The summed E-state index contributed by atoms with van der Waals surface area (Å²) >= 11 is 0. The normalized spacial score (nSPS) is 11.7. The quantitative estimate of drug-likeness (QED) is 0.765. The molecule has 0 fully saturated rings. The number of alkyl halides is 3. The summed E-state index contributed by atoms with van der Waals surface area (Å²) in [7, 11) is 1.54. The first kappa shape index (κ1) is 16.0. The fourth-order valence-corrected chi connectivity index (χ4v) is 2.44. The lowest BCUT2D eigenvalue weighted by molar-refractivity contribution is -0.141. The summed E-state index contributed by atoms with van der Waals surface area (Å²) in [5.41, 5.74) is 1.12. The van der Waals surface area contributed by atoms with Gasteiger partial charge in [0, 0.05) is 30.1 Å². The second-order valence-electron chi connectivity index (χ2n) is 5.41. The molecule has 124 valence electrons. The van der Waals surface area contributed by atoms with Crippen LogP contribution in [0.1, 0.15) is 11.4 Å². The van der Waals surface area contributed by atoms with Crippen molar-refractivity contribution in [3.63, 3.8) is 0 Å². The first-order valence-corrected chi connectivity index (χ1v) is 7.13. The number of imidazole rings is 1. The van der Waals surface area contributed by atoms with Crippen molar-refractivity contribution in [3.8, 4) is 28.4 Å². The number of phenols is 1. The predicted octanol–water partition coefficient (Wildman–Crippen LogP) is 4.18. The van der Waals surface area contributed by atoms with Crippen molar-refractivity contribution in [1.82, 2.24) is 14.5 Å². The van der Waals surface area contributed by atoms with Gasteiger partial charge >= 0.3 is 6.18 Å². The number of phenolic OH excluding ortho intramolecular Hbond substituents is 1. The lowest BCUT2D eigenvalue weighted by atomic mass is 10.1. The average Bonchev–Trinajstić information content (AvgIpc) is 2.84. The zero-order valence-corrected chi connectivity index (χ0v) is 13.0. The van der Waals surface area contributed by atoms with E-state index in [0.717, 1.165) is 5.56 Å². The third-order valence-electron chi connectivity index (χ3n) is 3.83. The first-order chi connectivity index (χ1) is 11.3. The molecule has 0 unspecified atom stereocenters. The molecular weight excluding hydrogens is 319 g/mol. The molecular formula is C17H14F3N3O. The van der Waals surface area contributed by atoms with Crippen LogP contribution in [0.5, 0.6) is 5.75 Å². The van der Waals surface area contributed by atoms with E-state index in [0.29, 0.717) is 11.3 Å². The molecule has 3 rings (SSSR count). The van der Waals surface area contributed by atoms with E-state index in [1.54, 1.807) is 43.4 Å². The summed E-state index contributed by atoms with van der Waals surface area (Å²) < 4.78 is 40.3. The molecule has 0 aliphatic carbocycles. The summed E-state index contributed by atoms with van der Waals surface area (Å²) in [6.45, 7) is 1.39. The van der Waals surface area contributed by atoms with Gasteiger partial charge in [-0.05, 0) is 43.3 Å². The molecule has 0 bridgehead atoms. The minimum absolute atomic E-state index is 0.0557. The first-order valence-electron chi connectivity index (χ1n) is 7.13. The Labute approximate surface area is 136 Å². The summed E-state index contributed by atoms with van der Waals surface area (Å²) in [4.78, 5) is 8.01. The molecule has 2 aromatic heterocycles. The topological polar surface area (TPSA) is 50.9 Å². The van der Waals surface area contributed by atoms with Gasteiger partial charge in [-0.2, -0.15) is 13.2 Å². The van der Waals surface area contributed by atoms with Crippen LogP contribution in [0, 0.1) is 6.92 Å². The molecule has 1 N–H and O–H groups in total. The minimum Gasteiger partial charge on any atom is -0.508 e. The van der Waals surface area contributed by atoms with Gasteiger partial charge in [-0.3, -0.25) is 4.98 Å². The molecule has 0 aliphatic rings. The lowest BCUT2D eigenvalue weighted by Crippen LogP contribution is -2.08. The number of rotatable bonds is 2. The predicted molar refractivity (Wildman–Crippen MR) is 83.3 cm³/mol. The zero-order chi connectivity index (χ0) is 17.5. The van der Waals surface area contributed by atoms with Gasteiger partial charge in [0.25, 0.3) is 0 Å². The third-order valence-corrected chi connectivity index (χ3v) is 3.83. The van der Waals surface area contributed by atoms with Gasteiger partial charge in [-0.1, -0.05) is 0 Å². The highest BCUT2D eigenvalue weighted by atomic mass is 19.4. The molecule has 0 saturated heterocycles. The third kappa shape index (κ3) is 2.84. The van der Waals surface area contributed by atoms with Crippen molar-refractivity contribution in [1.29, 1.82) is 0 Å². The summed E-state index contributed by atoms with van der Waals surface area (Å²) in [6.07, 6.45) is -3.00. The Morgan fingerprint density at radius 2 is 1.62 bits per heavy atom. The number of aromatic nitrogens is 3. The van der Waals surface area contributed by atoms with Crippen LogP contribution in [0.3, 0.4) is 0 Å². The Kier molecular flexibility index (Phi) is 3.79. The summed E-state index contributed by atoms with van der Waals surface area (Å²) in [5.74, 6) is 0.364. The van der Waals surface area contributed by atoms with Crippen LogP contribution in [-0.4, -0.2) is 19.6 Å². The summed E-state index contributed by atoms with van der Waals surface area (Å²) in [5, 5.41) is 9.30. The number of benzene rings is 1. The maximum Gasteiger partial charge on any atom is 0.435 e. The smallest absolute Gasteiger partial charge is 0.435 e. The molecule has 1 aromatic carbocycles. The van der Waals surface area contributed by atoms with E-state index in [4.69, 9.17) is 0 Å². The molecule has 7 heteroatoms. The largest absolute Gasteiger partial charge is 0.508 e. The van der Waals surface area contributed by atoms with Crippen LogP contribution < -0.4 is 0 Å². The van der Waals surface area contributed by atoms with Crippen LogP contribution in [0.15, 0.2) is 42.6 Å². The maximum absolute atomic E-state index is 13.0. The molecule has 24 heavy (non-hydrogen) atoms. The highest BCUT2D eigenvalue weighted by Gasteiger charge is 2.37. The van der Waals surface area contributed by atoms with Gasteiger partial charge in [0.15, 0.2) is 5.69 Å². The maximum atomic E-state index is 13.0. The molecule has 4 nitrogen and oxygen atoms in total. The van der Waals surface area contributed by atoms with Crippen LogP contribution in [0.2, 0.25) is 0 Å². The standard InChI is InChI=1S/C17H14F3N3O/c1-10-15(17(18,19)20)22-16(23(10)2)12-5-8-14(21-9-12)11-3-6-13(24)7-4-11/h3-9,24H,1-2H3. The fourth-order valence-electron chi connectivity index (χ4n) is 2.44. The van der Waals surface area contributed by atoms with Gasteiger partial charge in [0.2, 0.25) is 0 Å². The molecule has 0 spiro atoms. The van der Waals surface area contributed by atoms with E-state index >= 15 is 0 Å². The van der Waals surface area contributed by atoms with Crippen LogP contribution >= 0.6 is 0 Å². The van der Waals surface area contributed by atoms with Crippen molar-refractivity contribution in [2.45, 2.75) is 13.1 Å². The molecule has 3 aromatic rings. The van der Waals surface area contributed by atoms with Crippen molar-refractivity contribution >= 4 is 0 Å².